The fourth-order valence-electron chi connectivity index (χ4n) is 3.80. The molecule has 2 aromatic carbocycles. The van der Waals surface area contributed by atoms with Crippen LogP contribution in [0.5, 0.6) is 0 Å². The van der Waals surface area contributed by atoms with Crippen molar-refractivity contribution in [3.05, 3.63) is 87.8 Å². The molecular weight excluding hydrogens is 240 g/mol. The highest BCUT2D eigenvalue weighted by atomic mass is 14.3. The summed E-state index contributed by atoms with van der Waals surface area (Å²) in [6.07, 6.45) is 8.38. The van der Waals surface area contributed by atoms with Crippen LogP contribution in [-0.4, -0.2) is 0 Å². The van der Waals surface area contributed by atoms with Crippen LogP contribution in [0.4, 0.5) is 0 Å². The predicted octanol–water partition coefficient (Wildman–Crippen LogP) is 2.83. The topological polar surface area (TPSA) is 0 Å². The Balaban J connectivity index is 1.82. The van der Waals surface area contributed by atoms with Crippen LogP contribution >= 0.6 is 0 Å². The summed E-state index contributed by atoms with van der Waals surface area (Å²) in [5.74, 6) is 0.566. The van der Waals surface area contributed by atoms with E-state index in [2.05, 4.69) is 66.8 Å². The second-order valence-corrected chi connectivity index (χ2v) is 5.83. The molecular formula is C20H14. The van der Waals surface area contributed by atoms with Crippen LogP contribution in [0.1, 0.15) is 11.1 Å². The summed E-state index contributed by atoms with van der Waals surface area (Å²) in [6.45, 7) is 0. The third-order valence-corrected chi connectivity index (χ3v) is 4.72. The van der Waals surface area contributed by atoms with Gasteiger partial charge in [0.1, 0.15) is 0 Å². The molecule has 5 rings (SSSR count). The molecule has 0 bridgehead atoms. The van der Waals surface area contributed by atoms with Crippen LogP contribution in [0, 0.1) is 5.92 Å². The standard InChI is InChI=1S/C20H14/c1-3-7-17-13(5-1)9-15-11-16-10-14-6-2-4-8-18(14)20(16)12-19(15)17/h1-9,11-12,16H,10H2. The molecule has 3 aliphatic rings. The lowest BCUT2D eigenvalue weighted by Crippen LogP contribution is -2.21. The van der Waals surface area contributed by atoms with Crippen molar-refractivity contribution in [1.29, 1.82) is 0 Å². The Labute approximate surface area is 118 Å². The largest absolute Gasteiger partial charge is 0.0687 e. The van der Waals surface area contributed by atoms with Gasteiger partial charge in [0, 0.05) is 5.92 Å². The van der Waals surface area contributed by atoms with Crippen LogP contribution in [-0.2, 0) is 6.42 Å². The molecule has 0 nitrogen and oxygen atoms in total. The summed E-state index contributed by atoms with van der Waals surface area (Å²) in [5.41, 5.74) is 7.26. The lowest BCUT2D eigenvalue weighted by atomic mass is 9.87. The molecule has 0 aromatic heterocycles. The van der Waals surface area contributed by atoms with E-state index in [1.165, 1.54) is 38.3 Å². The van der Waals surface area contributed by atoms with Gasteiger partial charge in [0.2, 0.25) is 0 Å². The summed E-state index contributed by atoms with van der Waals surface area (Å²) in [4.78, 5) is 0. The predicted molar refractivity (Wildman–Crippen MR) is 83.3 cm³/mol. The van der Waals surface area contributed by atoms with Crippen molar-refractivity contribution in [2.24, 2.45) is 5.92 Å². The number of hydrogen-bond donors (Lipinski definition) is 0. The Morgan fingerprint density at radius 2 is 1.70 bits per heavy atom. The highest BCUT2D eigenvalue weighted by Crippen LogP contribution is 2.43. The third kappa shape index (κ3) is 1.26. The molecule has 0 amide bonds. The van der Waals surface area contributed by atoms with Crippen molar-refractivity contribution < 1.29 is 0 Å². The maximum atomic E-state index is 2.46. The van der Waals surface area contributed by atoms with Gasteiger partial charge in [-0.05, 0) is 56.9 Å². The first-order chi connectivity index (χ1) is 9.90. The molecule has 0 aliphatic heterocycles. The van der Waals surface area contributed by atoms with Crippen molar-refractivity contribution in [2.75, 3.05) is 0 Å². The molecule has 20 heavy (non-hydrogen) atoms. The van der Waals surface area contributed by atoms with Crippen molar-refractivity contribution in [2.45, 2.75) is 6.42 Å². The van der Waals surface area contributed by atoms with Crippen LogP contribution < -0.4 is 10.4 Å². The molecule has 94 valence electrons. The molecule has 1 unspecified atom stereocenters. The zero-order chi connectivity index (χ0) is 13.1. The van der Waals surface area contributed by atoms with Crippen LogP contribution in [0.15, 0.2) is 66.3 Å². The first-order valence-corrected chi connectivity index (χ1v) is 7.23. The zero-order valence-electron chi connectivity index (χ0n) is 11.1. The molecule has 0 saturated heterocycles. The van der Waals surface area contributed by atoms with E-state index >= 15 is 0 Å². The molecule has 0 saturated carbocycles. The van der Waals surface area contributed by atoms with Crippen LogP contribution in [0.3, 0.4) is 0 Å². The van der Waals surface area contributed by atoms with Gasteiger partial charge in [-0.25, -0.2) is 0 Å². The molecule has 0 heteroatoms. The average Bonchev–Trinajstić information content (AvgIpc) is 3.02. The van der Waals surface area contributed by atoms with Crippen LogP contribution in [0.2, 0.25) is 0 Å². The molecule has 0 fully saturated rings. The van der Waals surface area contributed by atoms with E-state index in [1.807, 2.05) is 0 Å². The van der Waals surface area contributed by atoms with Gasteiger partial charge in [0.25, 0.3) is 0 Å². The van der Waals surface area contributed by atoms with E-state index in [9.17, 15) is 0 Å². The maximum Gasteiger partial charge on any atom is 0.00740 e. The normalized spacial score (nSPS) is 21.2. The van der Waals surface area contributed by atoms with E-state index in [1.54, 1.807) is 0 Å². The summed E-state index contributed by atoms with van der Waals surface area (Å²) < 4.78 is 0. The first kappa shape index (κ1) is 10.4. The van der Waals surface area contributed by atoms with Gasteiger partial charge >= 0.3 is 0 Å². The fraction of sp³-hybridized carbons (Fsp3) is 0.100. The number of allylic oxidation sites excluding steroid dienone is 4. The highest BCUT2D eigenvalue weighted by molar-refractivity contribution is 5.97. The minimum absolute atomic E-state index is 0.566. The first-order valence-electron chi connectivity index (χ1n) is 7.23. The van der Waals surface area contributed by atoms with Crippen molar-refractivity contribution >= 4 is 17.2 Å². The Bertz CT molecular complexity index is 923. The van der Waals surface area contributed by atoms with Crippen LogP contribution in [0.25, 0.3) is 17.2 Å². The van der Waals surface area contributed by atoms with E-state index in [0.29, 0.717) is 5.92 Å². The molecule has 3 aliphatic carbocycles. The third-order valence-electron chi connectivity index (χ3n) is 4.72. The molecule has 2 aromatic rings. The van der Waals surface area contributed by atoms with Crippen molar-refractivity contribution in [1.82, 2.24) is 0 Å². The van der Waals surface area contributed by atoms with Crippen molar-refractivity contribution in [3.8, 4) is 0 Å². The quantitative estimate of drug-likeness (QED) is 0.678. The second-order valence-electron chi connectivity index (χ2n) is 5.83. The van der Waals surface area contributed by atoms with E-state index in [0.717, 1.165) is 6.42 Å². The SMILES string of the molecule is C1=C2C=c3ccccc3=C2C=C2c3ccccc3CC12. The second kappa shape index (κ2) is 3.61. The molecule has 0 spiro atoms. The monoisotopic (exact) mass is 254 g/mol. The van der Waals surface area contributed by atoms with Gasteiger partial charge in [-0.3, -0.25) is 0 Å². The summed E-state index contributed by atoms with van der Waals surface area (Å²) in [5, 5.41) is 2.74. The van der Waals surface area contributed by atoms with Gasteiger partial charge in [-0.15, -0.1) is 0 Å². The van der Waals surface area contributed by atoms with Gasteiger partial charge in [-0.2, -0.15) is 0 Å². The van der Waals surface area contributed by atoms with E-state index < -0.39 is 0 Å². The fourth-order valence-corrected chi connectivity index (χ4v) is 3.80. The minimum Gasteiger partial charge on any atom is -0.0687 e. The van der Waals surface area contributed by atoms with E-state index in [4.69, 9.17) is 0 Å². The van der Waals surface area contributed by atoms with Gasteiger partial charge in [0.15, 0.2) is 0 Å². The summed E-state index contributed by atoms with van der Waals surface area (Å²) >= 11 is 0. The van der Waals surface area contributed by atoms with Gasteiger partial charge < -0.3 is 0 Å². The Hall–Kier alpha value is -2.34. The Kier molecular flexibility index (Phi) is 1.88. The molecule has 0 heterocycles. The molecule has 0 radical (unpaired) electrons. The van der Waals surface area contributed by atoms with Crippen molar-refractivity contribution in [3.63, 3.8) is 0 Å². The van der Waals surface area contributed by atoms with Gasteiger partial charge in [-0.1, -0.05) is 54.6 Å². The zero-order valence-corrected chi connectivity index (χ0v) is 11.1. The lowest BCUT2D eigenvalue weighted by molar-refractivity contribution is 0.864. The lowest BCUT2D eigenvalue weighted by Gasteiger charge is -2.16. The number of benzene rings is 2. The highest BCUT2D eigenvalue weighted by Gasteiger charge is 2.29. The molecule has 1 atom stereocenters. The van der Waals surface area contributed by atoms with E-state index in [-0.39, 0.29) is 0 Å². The smallest absolute Gasteiger partial charge is 0.00740 e. The summed E-state index contributed by atoms with van der Waals surface area (Å²) in [6, 6.07) is 17.5. The maximum absolute atomic E-state index is 2.46. The molecule has 0 N–H and O–H groups in total. The number of fused-ring (bicyclic) bond motifs is 5. The van der Waals surface area contributed by atoms with Gasteiger partial charge in [0.05, 0.1) is 0 Å². The summed E-state index contributed by atoms with van der Waals surface area (Å²) in [7, 11) is 0. The Morgan fingerprint density at radius 1 is 0.850 bits per heavy atom. The Morgan fingerprint density at radius 3 is 2.70 bits per heavy atom. The minimum atomic E-state index is 0.566. The number of rotatable bonds is 0. The number of hydrogen-bond acceptors (Lipinski definition) is 0. The average molecular weight is 254 g/mol.